The third-order valence-electron chi connectivity index (χ3n) is 4.36. The summed E-state index contributed by atoms with van der Waals surface area (Å²) in [6.45, 7) is 10.7. The zero-order valence-corrected chi connectivity index (χ0v) is 18.1. The number of aryl methyl sites for hydroxylation is 1. The van der Waals surface area contributed by atoms with Crippen molar-refractivity contribution >= 4 is 34.4 Å². The second-order valence-electron chi connectivity index (χ2n) is 6.44. The minimum Gasteiger partial charge on any atom is -0.489 e. The van der Waals surface area contributed by atoms with Gasteiger partial charge in [-0.25, -0.2) is 9.97 Å². The second kappa shape index (κ2) is 9.25. The maximum absolute atomic E-state index is 6.45. The van der Waals surface area contributed by atoms with Gasteiger partial charge in [-0.15, -0.1) is 0 Å². The van der Waals surface area contributed by atoms with Crippen LogP contribution in [0.5, 0.6) is 5.75 Å². The Kier molecular flexibility index (Phi) is 6.72. The van der Waals surface area contributed by atoms with Crippen molar-refractivity contribution in [3.8, 4) is 17.1 Å². The number of hydrogen-bond donors (Lipinski definition) is 0. The molecule has 5 nitrogen and oxygen atoms in total. The van der Waals surface area contributed by atoms with Crippen molar-refractivity contribution in [3.05, 3.63) is 70.7 Å². The average molecular weight is 429 g/mol. The van der Waals surface area contributed by atoms with E-state index in [0.29, 0.717) is 35.9 Å². The van der Waals surface area contributed by atoms with Crippen molar-refractivity contribution in [2.24, 2.45) is 0 Å². The SMILES string of the molecule is C=CCOc1ccc(C)cc1-c1nc2nc(Cl)nc(Cl)c2n1CC(/C=C\C)=C/C. The van der Waals surface area contributed by atoms with E-state index in [1.165, 1.54) is 0 Å². The molecule has 2 heterocycles. The number of benzene rings is 1. The summed E-state index contributed by atoms with van der Waals surface area (Å²) in [5.41, 5.74) is 4.09. The van der Waals surface area contributed by atoms with Gasteiger partial charge in [0.15, 0.2) is 10.8 Å². The molecular formula is C22H22Cl2N4O. The smallest absolute Gasteiger partial charge is 0.225 e. The Bertz CT molecular complexity index is 1120. The lowest BCUT2D eigenvalue weighted by Gasteiger charge is -2.14. The summed E-state index contributed by atoms with van der Waals surface area (Å²) in [4.78, 5) is 13.1. The number of allylic oxidation sites excluding steroid dienone is 4. The van der Waals surface area contributed by atoms with E-state index in [0.717, 1.165) is 16.7 Å². The Balaban J connectivity index is 2.30. The van der Waals surface area contributed by atoms with E-state index in [2.05, 4.69) is 16.5 Å². The Labute approximate surface area is 180 Å². The lowest BCUT2D eigenvalue weighted by molar-refractivity contribution is 0.364. The Morgan fingerprint density at radius 3 is 2.69 bits per heavy atom. The van der Waals surface area contributed by atoms with Crippen LogP contribution < -0.4 is 4.74 Å². The molecule has 0 amide bonds. The second-order valence-corrected chi connectivity index (χ2v) is 7.14. The highest BCUT2D eigenvalue weighted by molar-refractivity contribution is 6.35. The van der Waals surface area contributed by atoms with E-state index in [4.69, 9.17) is 32.9 Å². The average Bonchev–Trinajstić information content (AvgIpc) is 3.04. The number of rotatable bonds is 7. The van der Waals surface area contributed by atoms with Crippen LogP contribution in [0, 0.1) is 6.92 Å². The van der Waals surface area contributed by atoms with Crippen molar-refractivity contribution < 1.29 is 4.74 Å². The van der Waals surface area contributed by atoms with E-state index < -0.39 is 0 Å². The molecule has 0 N–H and O–H groups in total. The highest BCUT2D eigenvalue weighted by Gasteiger charge is 2.21. The van der Waals surface area contributed by atoms with Crippen LogP contribution in [0.25, 0.3) is 22.6 Å². The lowest BCUT2D eigenvalue weighted by atomic mass is 10.1. The molecule has 0 unspecified atom stereocenters. The van der Waals surface area contributed by atoms with E-state index in [1.54, 1.807) is 6.08 Å². The van der Waals surface area contributed by atoms with Crippen molar-refractivity contribution in [2.45, 2.75) is 27.3 Å². The van der Waals surface area contributed by atoms with Gasteiger partial charge in [-0.2, -0.15) is 4.98 Å². The maximum atomic E-state index is 6.45. The molecule has 0 radical (unpaired) electrons. The van der Waals surface area contributed by atoms with E-state index in [1.807, 2.05) is 61.8 Å². The standard InChI is InChI=1S/C22H22Cl2N4O/c1-5-8-15(7-3)13-28-18-19(23)25-22(24)27-20(18)26-21(28)16-12-14(4)9-10-17(16)29-11-6-2/h5-10,12H,2,11,13H2,1,3-4H3/b8-5-,15-7+. The number of aromatic nitrogens is 4. The third-order valence-corrected chi connectivity index (χ3v) is 4.79. The predicted octanol–water partition coefficient (Wildman–Crippen LogP) is 6.20. The van der Waals surface area contributed by atoms with Crippen LogP contribution in [0.15, 0.2) is 54.7 Å². The number of imidazole rings is 1. The van der Waals surface area contributed by atoms with Crippen LogP contribution in [0.2, 0.25) is 10.4 Å². The minimum atomic E-state index is 0.0609. The Morgan fingerprint density at radius 2 is 2.00 bits per heavy atom. The summed E-state index contributed by atoms with van der Waals surface area (Å²) in [6.07, 6.45) is 7.80. The van der Waals surface area contributed by atoms with Gasteiger partial charge in [0.05, 0.1) is 5.56 Å². The van der Waals surface area contributed by atoms with Gasteiger partial charge in [0.2, 0.25) is 5.28 Å². The van der Waals surface area contributed by atoms with Crippen LogP contribution in [0.3, 0.4) is 0 Å². The first-order chi connectivity index (χ1) is 14.0. The summed E-state index contributed by atoms with van der Waals surface area (Å²) in [5, 5.41) is 0.321. The number of ether oxygens (including phenoxy) is 1. The van der Waals surface area contributed by atoms with Gasteiger partial charge in [-0.05, 0) is 50.1 Å². The van der Waals surface area contributed by atoms with Gasteiger partial charge in [0.1, 0.15) is 23.7 Å². The van der Waals surface area contributed by atoms with Crippen molar-refractivity contribution in [2.75, 3.05) is 6.61 Å². The van der Waals surface area contributed by atoms with Gasteiger partial charge in [-0.1, -0.05) is 54.1 Å². The number of nitrogens with zero attached hydrogens (tertiary/aromatic N) is 4. The van der Waals surface area contributed by atoms with E-state index >= 15 is 0 Å². The molecule has 0 aliphatic rings. The van der Waals surface area contributed by atoms with E-state index in [-0.39, 0.29) is 10.4 Å². The molecule has 0 atom stereocenters. The molecule has 0 fully saturated rings. The molecule has 3 aromatic rings. The molecule has 150 valence electrons. The zero-order valence-electron chi connectivity index (χ0n) is 16.6. The summed E-state index contributed by atoms with van der Waals surface area (Å²) in [6, 6.07) is 5.96. The van der Waals surface area contributed by atoms with Crippen LogP contribution in [-0.4, -0.2) is 26.1 Å². The number of fused-ring (bicyclic) bond motifs is 1. The predicted molar refractivity (Wildman–Crippen MR) is 120 cm³/mol. The third kappa shape index (κ3) is 4.52. The van der Waals surface area contributed by atoms with Gasteiger partial charge in [0.25, 0.3) is 0 Å². The Hall–Kier alpha value is -2.63. The molecule has 0 aliphatic heterocycles. The largest absolute Gasteiger partial charge is 0.489 e. The molecule has 3 rings (SSSR count). The highest BCUT2D eigenvalue weighted by atomic mass is 35.5. The molecule has 0 saturated carbocycles. The molecule has 0 aliphatic carbocycles. The molecule has 0 spiro atoms. The van der Waals surface area contributed by atoms with Gasteiger partial charge < -0.3 is 9.30 Å². The summed E-state index contributed by atoms with van der Waals surface area (Å²) < 4.78 is 7.88. The fourth-order valence-corrected chi connectivity index (χ4v) is 3.53. The van der Waals surface area contributed by atoms with Crippen molar-refractivity contribution in [1.82, 2.24) is 19.5 Å². The molecule has 0 saturated heterocycles. The minimum absolute atomic E-state index is 0.0609. The van der Waals surface area contributed by atoms with Crippen LogP contribution in [0.1, 0.15) is 19.4 Å². The molecule has 7 heteroatoms. The monoisotopic (exact) mass is 428 g/mol. The Morgan fingerprint density at radius 1 is 1.21 bits per heavy atom. The first-order valence-electron chi connectivity index (χ1n) is 9.20. The fraction of sp³-hybridized carbons (Fsp3) is 0.227. The van der Waals surface area contributed by atoms with Crippen molar-refractivity contribution in [1.29, 1.82) is 0 Å². The topological polar surface area (TPSA) is 52.8 Å². The fourth-order valence-electron chi connectivity index (χ4n) is 3.06. The van der Waals surface area contributed by atoms with Gasteiger partial charge >= 0.3 is 0 Å². The molecule has 1 aromatic carbocycles. The summed E-state index contributed by atoms with van der Waals surface area (Å²) in [5.74, 6) is 1.39. The van der Waals surface area contributed by atoms with Crippen molar-refractivity contribution in [3.63, 3.8) is 0 Å². The number of hydrogen-bond acceptors (Lipinski definition) is 4. The summed E-state index contributed by atoms with van der Waals surface area (Å²) >= 11 is 12.5. The number of halogens is 2. The zero-order chi connectivity index (χ0) is 21.0. The maximum Gasteiger partial charge on any atom is 0.225 e. The first kappa shape index (κ1) is 21.1. The molecular weight excluding hydrogens is 407 g/mol. The summed E-state index contributed by atoms with van der Waals surface area (Å²) in [7, 11) is 0. The van der Waals surface area contributed by atoms with Crippen LogP contribution >= 0.6 is 23.2 Å². The normalized spacial score (nSPS) is 12.1. The lowest BCUT2D eigenvalue weighted by Crippen LogP contribution is -2.05. The molecule has 2 aromatic heterocycles. The van der Waals surface area contributed by atoms with E-state index in [9.17, 15) is 0 Å². The molecule has 29 heavy (non-hydrogen) atoms. The van der Waals surface area contributed by atoms with Gasteiger partial charge in [-0.3, -0.25) is 0 Å². The highest BCUT2D eigenvalue weighted by Crippen LogP contribution is 2.35. The molecule has 0 bridgehead atoms. The van der Waals surface area contributed by atoms with Crippen LogP contribution in [0.4, 0.5) is 0 Å². The first-order valence-corrected chi connectivity index (χ1v) is 9.96. The quantitative estimate of drug-likeness (QED) is 0.194. The van der Waals surface area contributed by atoms with Crippen LogP contribution in [-0.2, 0) is 6.54 Å². The van der Waals surface area contributed by atoms with Gasteiger partial charge in [0, 0.05) is 6.54 Å².